The van der Waals surface area contributed by atoms with Gasteiger partial charge in [-0.3, -0.25) is 9.69 Å². The Balaban J connectivity index is 1.62. The molecule has 1 atom stereocenters. The van der Waals surface area contributed by atoms with E-state index in [1.807, 2.05) is 0 Å². The van der Waals surface area contributed by atoms with Crippen molar-refractivity contribution in [3.63, 3.8) is 0 Å². The summed E-state index contributed by atoms with van der Waals surface area (Å²) < 4.78 is 0. The van der Waals surface area contributed by atoms with E-state index >= 15 is 0 Å². The zero-order valence-corrected chi connectivity index (χ0v) is 14.8. The average molecular weight is 321 g/mol. The van der Waals surface area contributed by atoms with E-state index in [-0.39, 0.29) is 5.54 Å². The lowest BCUT2D eigenvalue weighted by atomic mass is 9.86. The van der Waals surface area contributed by atoms with E-state index in [1.165, 1.54) is 17.8 Å². The van der Waals surface area contributed by atoms with E-state index in [1.54, 1.807) is 11.3 Å². The van der Waals surface area contributed by atoms with Gasteiger partial charge in [0.2, 0.25) is 5.91 Å². The molecule has 1 aromatic rings. The second-order valence-corrected chi connectivity index (χ2v) is 7.94. The zero-order chi connectivity index (χ0) is 15.7. The molecule has 0 aromatic carbocycles. The number of amides is 1. The van der Waals surface area contributed by atoms with Gasteiger partial charge in [-0.2, -0.15) is 0 Å². The summed E-state index contributed by atoms with van der Waals surface area (Å²) in [4.78, 5) is 22.0. The molecule has 0 radical (unpaired) electrons. The Kier molecular flexibility index (Phi) is 4.55. The lowest BCUT2D eigenvalue weighted by molar-refractivity contribution is -0.146. The van der Waals surface area contributed by atoms with Gasteiger partial charge in [-0.25, -0.2) is 4.98 Å². The summed E-state index contributed by atoms with van der Waals surface area (Å²) in [6.07, 6.45) is 5.48. The van der Waals surface area contributed by atoms with Gasteiger partial charge in [0.1, 0.15) is 0 Å². The minimum absolute atomic E-state index is 0.289. The zero-order valence-electron chi connectivity index (χ0n) is 14.0. The van der Waals surface area contributed by atoms with Crippen molar-refractivity contribution < 1.29 is 4.79 Å². The van der Waals surface area contributed by atoms with Crippen molar-refractivity contribution in [3.8, 4) is 0 Å². The molecule has 0 N–H and O–H groups in total. The van der Waals surface area contributed by atoms with Crippen LogP contribution < -0.4 is 0 Å². The summed E-state index contributed by atoms with van der Waals surface area (Å²) in [5.74, 6) is 0.878. The van der Waals surface area contributed by atoms with Crippen LogP contribution in [-0.4, -0.2) is 52.9 Å². The summed E-state index contributed by atoms with van der Waals surface area (Å²) >= 11 is 1.77. The maximum Gasteiger partial charge on any atom is 0.242 e. The van der Waals surface area contributed by atoms with Crippen molar-refractivity contribution in [3.05, 3.63) is 16.1 Å². The number of piperidine rings is 2. The summed E-state index contributed by atoms with van der Waals surface area (Å²) in [6.45, 7) is 6.98. The first kappa shape index (κ1) is 15.9. The molecule has 4 nitrogen and oxygen atoms in total. The molecule has 5 heteroatoms. The highest BCUT2D eigenvalue weighted by Crippen LogP contribution is 2.33. The van der Waals surface area contributed by atoms with Crippen LogP contribution in [0.5, 0.6) is 0 Å². The van der Waals surface area contributed by atoms with E-state index in [0.29, 0.717) is 11.8 Å². The first-order chi connectivity index (χ1) is 10.5. The minimum atomic E-state index is -0.289. The fraction of sp³-hybridized carbons (Fsp3) is 0.765. The smallest absolute Gasteiger partial charge is 0.242 e. The third-order valence-corrected chi connectivity index (χ3v) is 6.60. The highest BCUT2D eigenvalue weighted by molar-refractivity contribution is 7.09. The van der Waals surface area contributed by atoms with Gasteiger partial charge in [-0.1, -0.05) is 0 Å². The van der Waals surface area contributed by atoms with Crippen molar-refractivity contribution in [1.82, 2.24) is 14.8 Å². The van der Waals surface area contributed by atoms with Gasteiger partial charge in [-0.15, -0.1) is 11.3 Å². The third-order valence-electron chi connectivity index (χ3n) is 5.48. The molecule has 122 valence electrons. The standard InChI is InChI=1S/C17H27N3OS/c1-13-12-22-15(18-13)14-6-10-20(11-7-14)16(21)17(2)8-4-5-9-19(17)3/h12,14H,4-11H2,1-3H3/t17-/m1/s1. The van der Waals surface area contributed by atoms with E-state index in [9.17, 15) is 4.79 Å². The topological polar surface area (TPSA) is 36.4 Å². The molecule has 1 amide bonds. The van der Waals surface area contributed by atoms with Gasteiger partial charge in [0, 0.05) is 30.1 Å². The van der Waals surface area contributed by atoms with Crippen molar-refractivity contribution in [1.29, 1.82) is 0 Å². The Morgan fingerprint density at radius 1 is 1.32 bits per heavy atom. The van der Waals surface area contributed by atoms with Crippen molar-refractivity contribution in [2.75, 3.05) is 26.7 Å². The number of rotatable bonds is 2. The highest BCUT2D eigenvalue weighted by Gasteiger charge is 2.42. The number of likely N-dealkylation sites (tertiary alicyclic amines) is 2. The normalized spacial score (nSPS) is 28.0. The van der Waals surface area contributed by atoms with Crippen molar-refractivity contribution in [2.24, 2.45) is 0 Å². The maximum atomic E-state index is 13.0. The molecule has 0 bridgehead atoms. The summed E-state index contributed by atoms with van der Waals surface area (Å²) in [6, 6.07) is 0. The van der Waals surface area contributed by atoms with Crippen LogP contribution in [0, 0.1) is 6.92 Å². The molecule has 1 aromatic heterocycles. The van der Waals surface area contributed by atoms with Crippen LogP contribution in [-0.2, 0) is 4.79 Å². The van der Waals surface area contributed by atoms with Gasteiger partial charge < -0.3 is 4.90 Å². The van der Waals surface area contributed by atoms with Gasteiger partial charge in [0.25, 0.3) is 0 Å². The van der Waals surface area contributed by atoms with Crippen molar-refractivity contribution in [2.45, 2.75) is 57.4 Å². The van der Waals surface area contributed by atoms with E-state index in [0.717, 1.165) is 44.6 Å². The van der Waals surface area contributed by atoms with Gasteiger partial charge in [0.15, 0.2) is 0 Å². The number of hydrogen-bond acceptors (Lipinski definition) is 4. The average Bonchev–Trinajstić information content (AvgIpc) is 2.96. The number of carbonyl (C=O) groups is 1. The lowest BCUT2D eigenvalue weighted by Crippen LogP contribution is -2.59. The lowest BCUT2D eigenvalue weighted by Gasteiger charge is -2.45. The largest absolute Gasteiger partial charge is 0.341 e. The molecule has 2 fully saturated rings. The van der Waals surface area contributed by atoms with Gasteiger partial charge in [0.05, 0.1) is 10.5 Å². The molecule has 0 saturated carbocycles. The van der Waals surface area contributed by atoms with Gasteiger partial charge >= 0.3 is 0 Å². The number of aromatic nitrogens is 1. The third kappa shape index (κ3) is 2.93. The first-order valence-corrected chi connectivity index (χ1v) is 9.31. The predicted molar refractivity (Wildman–Crippen MR) is 90.3 cm³/mol. The second-order valence-electron chi connectivity index (χ2n) is 7.05. The molecular weight excluding hydrogens is 294 g/mol. The number of carbonyl (C=O) groups excluding carboxylic acids is 1. The second kappa shape index (κ2) is 6.28. The van der Waals surface area contributed by atoms with Crippen molar-refractivity contribution >= 4 is 17.2 Å². The van der Waals surface area contributed by atoms with Crippen LogP contribution in [0.25, 0.3) is 0 Å². The van der Waals surface area contributed by atoms with Gasteiger partial charge in [-0.05, 0) is 59.5 Å². The fourth-order valence-electron chi connectivity index (χ4n) is 3.76. The SMILES string of the molecule is Cc1csc(C2CCN(C(=O)[C@@]3(C)CCCCN3C)CC2)n1. The molecule has 0 spiro atoms. The Morgan fingerprint density at radius 3 is 2.64 bits per heavy atom. The number of nitrogens with zero attached hydrogens (tertiary/aromatic N) is 3. The summed E-state index contributed by atoms with van der Waals surface area (Å²) in [5, 5.41) is 3.39. The van der Waals surface area contributed by atoms with Crippen LogP contribution in [0.4, 0.5) is 0 Å². The molecule has 3 heterocycles. The Hall–Kier alpha value is -0.940. The number of hydrogen-bond donors (Lipinski definition) is 0. The molecule has 2 aliphatic rings. The van der Waals surface area contributed by atoms with E-state index in [4.69, 9.17) is 0 Å². The molecule has 3 rings (SSSR count). The monoisotopic (exact) mass is 321 g/mol. The quantitative estimate of drug-likeness (QED) is 0.840. The minimum Gasteiger partial charge on any atom is -0.341 e. The molecule has 22 heavy (non-hydrogen) atoms. The molecule has 2 aliphatic heterocycles. The van der Waals surface area contributed by atoms with Crippen LogP contribution in [0.3, 0.4) is 0 Å². The summed E-state index contributed by atoms with van der Waals surface area (Å²) in [7, 11) is 2.10. The summed E-state index contributed by atoms with van der Waals surface area (Å²) in [5.41, 5.74) is 0.831. The van der Waals surface area contributed by atoms with Crippen LogP contribution in [0.1, 0.15) is 55.6 Å². The van der Waals surface area contributed by atoms with Crippen LogP contribution in [0.2, 0.25) is 0 Å². The van der Waals surface area contributed by atoms with E-state index < -0.39 is 0 Å². The Bertz CT molecular complexity index is 536. The molecule has 2 saturated heterocycles. The number of thiazole rings is 1. The number of aryl methyl sites for hydroxylation is 1. The Morgan fingerprint density at radius 2 is 2.05 bits per heavy atom. The fourth-order valence-corrected chi connectivity index (χ4v) is 4.72. The van der Waals surface area contributed by atoms with E-state index in [2.05, 4.69) is 41.1 Å². The number of likely N-dealkylation sites (N-methyl/N-ethyl adjacent to an activating group) is 1. The van der Waals surface area contributed by atoms with Crippen LogP contribution >= 0.6 is 11.3 Å². The first-order valence-electron chi connectivity index (χ1n) is 8.43. The molecule has 0 unspecified atom stereocenters. The predicted octanol–water partition coefficient (Wildman–Crippen LogP) is 3.03. The molecule has 0 aliphatic carbocycles. The highest BCUT2D eigenvalue weighted by atomic mass is 32.1. The Labute approximate surface area is 137 Å². The molecular formula is C17H27N3OS. The maximum absolute atomic E-state index is 13.0. The van der Waals surface area contributed by atoms with Crippen LogP contribution in [0.15, 0.2) is 5.38 Å².